The highest BCUT2D eigenvalue weighted by Gasteiger charge is 2.24. The lowest BCUT2D eigenvalue weighted by Gasteiger charge is -2.11. The monoisotopic (exact) mass is 353 g/mol. The molecule has 3 aromatic rings. The molecule has 1 N–H and O–H groups in total. The first-order valence-corrected chi connectivity index (χ1v) is 9.51. The molecule has 5 nitrogen and oxygen atoms in total. The summed E-state index contributed by atoms with van der Waals surface area (Å²) >= 11 is 1.51. The maximum Gasteiger partial charge on any atom is 0.287 e. The van der Waals surface area contributed by atoms with E-state index >= 15 is 0 Å². The van der Waals surface area contributed by atoms with Crippen LogP contribution in [0.3, 0.4) is 0 Å². The van der Waals surface area contributed by atoms with Crippen molar-refractivity contribution >= 4 is 28.6 Å². The minimum atomic E-state index is -0.118. The molecule has 6 heteroatoms. The quantitative estimate of drug-likeness (QED) is 0.550. The van der Waals surface area contributed by atoms with Crippen molar-refractivity contribution in [2.45, 2.75) is 42.6 Å². The lowest BCUT2D eigenvalue weighted by Crippen LogP contribution is -2.32. The van der Waals surface area contributed by atoms with E-state index in [-0.39, 0.29) is 11.9 Å². The van der Waals surface area contributed by atoms with Gasteiger partial charge in [-0.25, -0.2) is 9.97 Å². The van der Waals surface area contributed by atoms with Crippen LogP contribution in [0.15, 0.2) is 52.3 Å². The molecule has 0 bridgehead atoms. The summed E-state index contributed by atoms with van der Waals surface area (Å²) in [7, 11) is 0. The molecular formula is C19H19N3O2S. The largest absolute Gasteiger partial charge is 0.451 e. The number of hydrogen-bond acceptors (Lipinski definition) is 5. The van der Waals surface area contributed by atoms with E-state index in [2.05, 4.69) is 15.3 Å². The molecule has 1 fully saturated rings. The fraction of sp³-hybridized carbons (Fsp3) is 0.316. The summed E-state index contributed by atoms with van der Waals surface area (Å²) in [6.45, 7) is 0. The van der Waals surface area contributed by atoms with Crippen LogP contribution in [0, 0.1) is 0 Å². The first kappa shape index (κ1) is 16.1. The SMILES string of the molecule is O=C(NC1CCCC1)c1oc2ccccc2c1CSc1ncccn1. The summed E-state index contributed by atoms with van der Waals surface area (Å²) in [6.07, 6.45) is 7.90. The van der Waals surface area contributed by atoms with E-state index in [9.17, 15) is 4.79 Å². The molecule has 0 atom stereocenters. The first-order chi connectivity index (χ1) is 12.3. The molecular weight excluding hydrogens is 334 g/mol. The molecule has 0 saturated heterocycles. The van der Waals surface area contributed by atoms with Gasteiger partial charge in [0.2, 0.25) is 0 Å². The molecule has 2 heterocycles. The number of nitrogens with zero attached hydrogens (tertiary/aromatic N) is 2. The van der Waals surface area contributed by atoms with Crippen LogP contribution in [0.4, 0.5) is 0 Å². The number of hydrogen-bond donors (Lipinski definition) is 1. The van der Waals surface area contributed by atoms with Gasteiger partial charge in [0.15, 0.2) is 10.9 Å². The van der Waals surface area contributed by atoms with Gasteiger partial charge in [-0.2, -0.15) is 0 Å². The number of carbonyl (C=O) groups excluding carboxylic acids is 1. The highest BCUT2D eigenvalue weighted by atomic mass is 32.2. The Balaban J connectivity index is 1.62. The molecule has 128 valence electrons. The molecule has 1 aliphatic carbocycles. The molecule has 25 heavy (non-hydrogen) atoms. The minimum absolute atomic E-state index is 0.118. The molecule has 0 aliphatic heterocycles. The van der Waals surface area contributed by atoms with Crippen LogP contribution >= 0.6 is 11.8 Å². The van der Waals surface area contributed by atoms with E-state index in [4.69, 9.17) is 4.42 Å². The average molecular weight is 353 g/mol. The van der Waals surface area contributed by atoms with Gasteiger partial charge in [0, 0.05) is 35.1 Å². The van der Waals surface area contributed by atoms with Gasteiger partial charge in [0.05, 0.1) is 0 Å². The molecule has 0 spiro atoms. The fourth-order valence-corrected chi connectivity index (χ4v) is 4.07. The molecule has 1 aromatic carbocycles. The smallest absolute Gasteiger partial charge is 0.287 e. The van der Waals surface area contributed by atoms with E-state index < -0.39 is 0 Å². The first-order valence-electron chi connectivity index (χ1n) is 8.52. The lowest BCUT2D eigenvalue weighted by molar-refractivity contribution is 0.0911. The molecule has 1 saturated carbocycles. The zero-order chi connectivity index (χ0) is 17.1. The number of nitrogens with one attached hydrogen (secondary N) is 1. The number of aromatic nitrogens is 2. The topological polar surface area (TPSA) is 68.0 Å². The van der Waals surface area contributed by atoms with Gasteiger partial charge >= 0.3 is 0 Å². The lowest BCUT2D eigenvalue weighted by atomic mass is 10.1. The molecule has 1 aliphatic rings. The minimum Gasteiger partial charge on any atom is -0.451 e. The number of amides is 1. The van der Waals surface area contributed by atoms with Crippen molar-refractivity contribution in [3.8, 4) is 0 Å². The van der Waals surface area contributed by atoms with E-state index in [1.54, 1.807) is 18.5 Å². The third-order valence-electron chi connectivity index (χ3n) is 4.48. The van der Waals surface area contributed by atoms with E-state index in [1.807, 2.05) is 24.3 Å². The Morgan fingerprint density at radius 3 is 2.72 bits per heavy atom. The normalized spacial score (nSPS) is 14.9. The van der Waals surface area contributed by atoms with Crippen LogP contribution in [0.2, 0.25) is 0 Å². The number of thioether (sulfide) groups is 1. The van der Waals surface area contributed by atoms with Crippen molar-refractivity contribution in [3.05, 3.63) is 54.0 Å². The third kappa shape index (κ3) is 3.54. The summed E-state index contributed by atoms with van der Waals surface area (Å²) in [4.78, 5) is 21.2. The van der Waals surface area contributed by atoms with Gasteiger partial charge < -0.3 is 9.73 Å². The van der Waals surface area contributed by atoms with Gasteiger partial charge in [-0.15, -0.1) is 0 Å². The van der Waals surface area contributed by atoms with Gasteiger partial charge in [-0.3, -0.25) is 4.79 Å². The van der Waals surface area contributed by atoms with Crippen LogP contribution in [0.25, 0.3) is 11.0 Å². The molecule has 4 rings (SSSR count). The number of rotatable bonds is 5. The summed E-state index contributed by atoms with van der Waals surface area (Å²) in [5.41, 5.74) is 1.65. The predicted octanol–water partition coefficient (Wildman–Crippen LogP) is 4.19. The van der Waals surface area contributed by atoms with Crippen molar-refractivity contribution in [2.24, 2.45) is 0 Å². The number of fused-ring (bicyclic) bond motifs is 1. The van der Waals surface area contributed by atoms with Crippen LogP contribution < -0.4 is 5.32 Å². The zero-order valence-electron chi connectivity index (χ0n) is 13.8. The second-order valence-corrected chi connectivity index (χ2v) is 7.12. The predicted molar refractivity (Wildman–Crippen MR) is 97.5 cm³/mol. The Morgan fingerprint density at radius 2 is 1.92 bits per heavy atom. The number of para-hydroxylation sites is 1. The van der Waals surface area contributed by atoms with E-state index in [1.165, 1.54) is 24.6 Å². The standard InChI is InChI=1S/C19H19N3O2S/c23-18(22-13-6-1-2-7-13)17-15(12-25-19-20-10-5-11-21-19)14-8-3-4-9-16(14)24-17/h3-5,8-11,13H,1-2,6-7,12H2,(H,22,23). The number of carbonyl (C=O) groups is 1. The zero-order valence-corrected chi connectivity index (χ0v) is 14.6. The molecule has 2 aromatic heterocycles. The maximum atomic E-state index is 12.8. The van der Waals surface area contributed by atoms with Crippen molar-refractivity contribution in [1.29, 1.82) is 0 Å². The van der Waals surface area contributed by atoms with Crippen molar-refractivity contribution in [1.82, 2.24) is 15.3 Å². The number of furan rings is 1. The summed E-state index contributed by atoms with van der Waals surface area (Å²) in [5.74, 6) is 0.887. The Hall–Kier alpha value is -2.34. The average Bonchev–Trinajstić information content (AvgIpc) is 3.28. The second-order valence-electron chi connectivity index (χ2n) is 6.18. The van der Waals surface area contributed by atoms with Crippen LogP contribution in [0.5, 0.6) is 0 Å². The van der Waals surface area contributed by atoms with E-state index in [0.29, 0.717) is 16.7 Å². The van der Waals surface area contributed by atoms with Crippen molar-refractivity contribution < 1.29 is 9.21 Å². The van der Waals surface area contributed by atoms with Crippen LogP contribution in [0.1, 0.15) is 41.8 Å². The Morgan fingerprint density at radius 1 is 1.16 bits per heavy atom. The van der Waals surface area contributed by atoms with Gasteiger partial charge in [0.25, 0.3) is 5.91 Å². The van der Waals surface area contributed by atoms with Crippen molar-refractivity contribution in [2.75, 3.05) is 0 Å². The molecule has 0 radical (unpaired) electrons. The summed E-state index contributed by atoms with van der Waals surface area (Å²) in [6, 6.07) is 9.82. The molecule has 1 amide bonds. The van der Waals surface area contributed by atoms with E-state index in [0.717, 1.165) is 29.4 Å². The van der Waals surface area contributed by atoms with Crippen molar-refractivity contribution in [3.63, 3.8) is 0 Å². The summed E-state index contributed by atoms with van der Waals surface area (Å²) < 4.78 is 5.89. The Kier molecular flexibility index (Phi) is 4.70. The Bertz CT molecular complexity index is 873. The highest BCUT2D eigenvalue weighted by molar-refractivity contribution is 7.98. The van der Waals surface area contributed by atoms with Gasteiger partial charge in [-0.1, -0.05) is 42.8 Å². The molecule has 0 unspecified atom stereocenters. The van der Waals surface area contributed by atoms with Crippen LogP contribution in [-0.4, -0.2) is 21.9 Å². The van der Waals surface area contributed by atoms with Crippen LogP contribution in [-0.2, 0) is 5.75 Å². The number of benzene rings is 1. The maximum absolute atomic E-state index is 12.8. The second kappa shape index (κ2) is 7.27. The summed E-state index contributed by atoms with van der Waals surface area (Å²) in [5, 5.41) is 4.79. The highest BCUT2D eigenvalue weighted by Crippen LogP contribution is 2.31. The fourth-order valence-electron chi connectivity index (χ4n) is 3.24. The Labute approximate surface area is 150 Å². The van der Waals surface area contributed by atoms with Gasteiger partial charge in [-0.05, 0) is 25.0 Å². The van der Waals surface area contributed by atoms with Gasteiger partial charge in [0.1, 0.15) is 5.58 Å². The third-order valence-corrected chi connectivity index (χ3v) is 5.38.